The Bertz CT molecular complexity index is 822. The minimum atomic E-state index is -0.0194. The second-order valence-electron chi connectivity index (χ2n) is 4.63. The predicted octanol–water partition coefficient (Wildman–Crippen LogP) is 5.12. The van der Waals surface area contributed by atoms with Crippen molar-refractivity contribution < 1.29 is 4.79 Å². The molecular formula is C16H11BrClNO. The molecular weight excluding hydrogens is 338 g/mol. The maximum absolute atomic E-state index is 12.7. The van der Waals surface area contributed by atoms with Crippen molar-refractivity contribution >= 4 is 44.2 Å². The molecule has 0 unspecified atom stereocenters. The fraction of sp³-hybridized carbons (Fsp3) is 0.0625. The molecule has 0 spiro atoms. The van der Waals surface area contributed by atoms with Crippen LogP contribution in [-0.4, -0.2) is 10.8 Å². The van der Waals surface area contributed by atoms with Crippen LogP contribution in [-0.2, 0) is 0 Å². The lowest BCUT2D eigenvalue weighted by Gasteiger charge is -2.05. The molecule has 0 aliphatic carbocycles. The summed E-state index contributed by atoms with van der Waals surface area (Å²) >= 11 is 9.61. The summed E-state index contributed by atoms with van der Waals surface area (Å²) in [4.78, 5) is 15.8. The van der Waals surface area contributed by atoms with E-state index in [1.165, 1.54) is 0 Å². The number of aryl methyl sites for hydroxylation is 1. The highest BCUT2D eigenvalue weighted by Gasteiger charge is 2.18. The Morgan fingerprint density at radius 3 is 2.70 bits per heavy atom. The molecule has 0 saturated heterocycles. The van der Waals surface area contributed by atoms with Crippen LogP contribution in [0.2, 0.25) is 5.02 Å². The molecule has 0 aliphatic heterocycles. The Morgan fingerprint density at radius 1 is 1.15 bits per heavy atom. The third-order valence-corrected chi connectivity index (χ3v) is 4.71. The number of aromatic nitrogens is 1. The van der Waals surface area contributed by atoms with Crippen LogP contribution in [0.5, 0.6) is 0 Å². The number of hydrogen-bond donors (Lipinski definition) is 1. The SMILES string of the molecule is Cc1cccc(C(=O)c2c[nH]c3c(Cl)cccc23)c1Br. The quantitative estimate of drug-likeness (QED) is 0.640. The minimum Gasteiger partial charge on any atom is -0.359 e. The highest BCUT2D eigenvalue weighted by Crippen LogP contribution is 2.29. The molecule has 2 nitrogen and oxygen atoms in total. The van der Waals surface area contributed by atoms with Gasteiger partial charge in [0.1, 0.15) is 0 Å². The Balaban J connectivity index is 2.18. The van der Waals surface area contributed by atoms with E-state index in [0.29, 0.717) is 16.1 Å². The highest BCUT2D eigenvalue weighted by atomic mass is 79.9. The van der Waals surface area contributed by atoms with Gasteiger partial charge in [0.2, 0.25) is 0 Å². The second-order valence-corrected chi connectivity index (χ2v) is 5.83. The zero-order valence-electron chi connectivity index (χ0n) is 10.7. The van der Waals surface area contributed by atoms with Gasteiger partial charge in [-0.2, -0.15) is 0 Å². The van der Waals surface area contributed by atoms with Gasteiger partial charge in [-0.1, -0.05) is 35.9 Å². The van der Waals surface area contributed by atoms with Crippen molar-refractivity contribution in [1.29, 1.82) is 0 Å². The monoisotopic (exact) mass is 347 g/mol. The molecule has 0 atom stereocenters. The van der Waals surface area contributed by atoms with E-state index >= 15 is 0 Å². The van der Waals surface area contributed by atoms with Gasteiger partial charge < -0.3 is 4.98 Å². The van der Waals surface area contributed by atoms with Gasteiger partial charge >= 0.3 is 0 Å². The van der Waals surface area contributed by atoms with Crippen LogP contribution in [0.4, 0.5) is 0 Å². The van der Waals surface area contributed by atoms with E-state index in [1.807, 2.05) is 37.3 Å². The number of fused-ring (bicyclic) bond motifs is 1. The van der Waals surface area contributed by atoms with Crippen molar-refractivity contribution in [3.05, 3.63) is 68.8 Å². The predicted molar refractivity (Wildman–Crippen MR) is 85.6 cm³/mol. The van der Waals surface area contributed by atoms with Gasteiger partial charge in [-0.25, -0.2) is 0 Å². The molecule has 2 aromatic carbocycles. The fourth-order valence-corrected chi connectivity index (χ4v) is 2.95. The van der Waals surface area contributed by atoms with Crippen molar-refractivity contribution in [2.75, 3.05) is 0 Å². The summed E-state index contributed by atoms with van der Waals surface area (Å²) in [6.07, 6.45) is 1.72. The first kappa shape index (κ1) is 13.4. The number of aromatic amines is 1. The van der Waals surface area contributed by atoms with Crippen LogP contribution < -0.4 is 0 Å². The number of carbonyl (C=O) groups is 1. The van der Waals surface area contributed by atoms with Gasteiger partial charge in [-0.15, -0.1) is 0 Å². The van der Waals surface area contributed by atoms with Gasteiger partial charge in [-0.05, 0) is 40.5 Å². The largest absolute Gasteiger partial charge is 0.359 e. The third-order valence-electron chi connectivity index (χ3n) is 3.35. The first-order chi connectivity index (χ1) is 9.59. The first-order valence-corrected chi connectivity index (χ1v) is 7.32. The van der Waals surface area contributed by atoms with Gasteiger partial charge in [0, 0.05) is 27.2 Å². The maximum atomic E-state index is 12.7. The number of benzene rings is 2. The van der Waals surface area contributed by atoms with Crippen molar-refractivity contribution in [3.8, 4) is 0 Å². The number of ketones is 1. The lowest BCUT2D eigenvalue weighted by atomic mass is 10.0. The zero-order valence-corrected chi connectivity index (χ0v) is 13.0. The molecule has 0 amide bonds. The summed E-state index contributed by atoms with van der Waals surface area (Å²) < 4.78 is 0.835. The fourth-order valence-electron chi connectivity index (χ4n) is 2.27. The molecule has 3 rings (SSSR count). The highest BCUT2D eigenvalue weighted by molar-refractivity contribution is 9.10. The van der Waals surface area contributed by atoms with Crippen LogP contribution in [0.1, 0.15) is 21.5 Å². The molecule has 100 valence electrons. The molecule has 1 aromatic heterocycles. The molecule has 4 heteroatoms. The third kappa shape index (κ3) is 2.07. The van der Waals surface area contributed by atoms with Crippen LogP contribution in [0.15, 0.2) is 47.1 Å². The van der Waals surface area contributed by atoms with Crippen molar-refractivity contribution in [2.24, 2.45) is 0 Å². The number of para-hydroxylation sites is 1. The van der Waals surface area contributed by atoms with E-state index in [1.54, 1.807) is 12.3 Å². The smallest absolute Gasteiger partial charge is 0.196 e. The van der Waals surface area contributed by atoms with Crippen LogP contribution in [0.25, 0.3) is 10.9 Å². The van der Waals surface area contributed by atoms with Gasteiger partial charge in [0.15, 0.2) is 5.78 Å². The van der Waals surface area contributed by atoms with Gasteiger partial charge in [0.05, 0.1) is 10.5 Å². The van der Waals surface area contributed by atoms with Gasteiger partial charge in [-0.3, -0.25) is 4.79 Å². The average molecular weight is 349 g/mol. The summed E-state index contributed by atoms with van der Waals surface area (Å²) in [6.45, 7) is 1.97. The van der Waals surface area contributed by atoms with E-state index in [9.17, 15) is 4.79 Å². The molecule has 1 N–H and O–H groups in total. The minimum absolute atomic E-state index is 0.0194. The molecule has 0 saturated carbocycles. The lowest BCUT2D eigenvalue weighted by Crippen LogP contribution is -2.02. The molecule has 0 radical (unpaired) electrons. The Morgan fingerprint density at radius 2 is 1.90 bits per heavy atom. The Labute approximate surface area is 129 Å². The number of rotatable bonds is 2. The summed E-state index contributed by atoms with van der Waals surface area (Å²) in [5.41, 5.74) is 3.12. The van der Waals surface area contributed by atoms with Crippen molar-refractivity contribution in [1.82, 2.24) is 4.98 Å². The van der Waals surface area contributed by atoms with E-state index in [0.717, 1.165) is 20.9 Å². The number of hydrogen-bond acceptors (Lipinski definition) is 1. The standard InChI is InChI=1S/C16H11BrClNO/c1-9-4-2-6-11(14(9)17)16(20)12-8-19-15-10(12)5-3-7-13(15)18/h2-8,19H,1H3. The number of nitrogens with one attached hydrogen (secondary N) is 1. The summed E-state index contributed by atoms with van der Waals surface area (Å²) in [6, 6.07) is 11.2. The second kappa shape index (κ2) is 5.08. The summed E-state index contributed by atoms with van der Waals surface area (Å²) in [5.74, 6) is -0.0194. The van der Waals surface area contributed by atoms with Crippen LogP contribution in [0.3, 0.4) is 0 Å². The van der Waals surface area contributed by atoms with Crippen LogP contribution in [0, 0.1) is 6.92 Å². The molecule has 0 aliphatic rings. The van der Waals surface area contributed by atoms with Crippen molar-refractivity contribution in [2.45, 2.75) is 6.92 Å². The normalized spacial score (nSPS) is 10.9. The van der Waals surface area contributed by atoms with E-state index < -0.39 is 0 Å². The average Bonchev–Trinajstić information content (AvgIpc) is 2.86. The Hall–Kier alpha value is -1.58. The van der Waals surface area contributed by atoms with Gasteiger partial charge in [0.25, 0.3) is 0 Å². The van der Waals surface area contributed by atoms with Crippen molar-refractivity contribution in [3.63, 3.8) is 0 Å². The van der Waals surface area contributed by atoms with E-state index in [4.69, 9.17) is 11.6 Å². The summed E-state index contributed by atoms with van der Waals surface area (Å²) in [7, 11) is 0. The van der Waals surface area contributed by atoms with E-state index in [2.05, 4.69) is 20.9 Å². The van der Waals surface area contributed by atoms with Crippen LogP contribution >= 0.6 is 27.5 Å². The summed E-state index contributed by atoms with van der Waals surface area (Å²) in [5, 5.41) is 1.46. The maximum Gasteiger partial charge on any atom is 0.196 e. The molecule has 0 fully saturated rings. The van der Waals surface area contributed by atoms with E-state index in [-0.39, 0.29) is 5.78 Å². The lowest BCUT2D eigenvalue weighted by molar-refractivity contribution is 0.103. The number of halogens is 2. The zero-order chi connectivity index (χ0) is 14.3. The molecule has 20 heavy (non-hydrogen) atoms. The molecule has 3 aromatic rings. The number of H-pyrrole nitrogens is 1. The molecule has 1 heterocycles. The Kier molecular flexibility index (Phi) is 3.40. The first-order valence-electron chi connectivity index (χ1n) is 6.15. The number of carbonyl (C=O) groups excluding carboxylic acids is 1. The topological polar surface area (TPSA) is 32.9 Å². The molecule has 0 bridgehead atoms.